The molecule has 1 aliphatic heterocycles. The molecule has 0 saturated carbocycles. The van der Waals surface area contributed by atoms with Gasteiger partial charge in [-0.05, 0) is 0 Å². The van der Waals surface area contributed by atoms with Gasteiger partial charge in [-0.2, -0.15) is 0 Å². The molecule has 84 valence electrons. The Morgan fingerprint density at radius 1 is 1.60 bits per heavy atom. The summed E-state index contributed by atoms with van der Waals surface area (Å²) in [5.41, 5.74) is -0.767. The summed E-state index contributed by atoms with van der Waals surface area (Å²) in [5, 5.41) is 0. The number of hydrogen-bond acceptors (Lipinski definition) is 5. The van der Waals surface area contributed by atoms with Crippen molar-refractivity contribution in [3.63, 3.8) is 0 Å². The number of ether oxygens (including phenoxy) is 2. The standard InChI is InChI=1S/C9H15BO5/c1-2-7(11)13-5-9(6-14-10)4-3-8(12)15-9/h2-6,10H2,1H3. The minimum atomic E-state index is -0.767. The molecule has 0 N–H and O–H groups in total. The Labute approximate surface area is 89.5 Å². The SMILES string of the molecule is BOCC1(COC(=O)CC)CCC(=O)O1. The number of carbonyl (C=O) groups excluding carboxylic acids is 2. The molecule has 0 amide bonds. The molecule has 1 saturated heterocycles. The van der Waals surface area contributed by atoms with Gasteiger partial charge in [0.05, 0.1) is 6.61 Å². The summed E-state index contributed by atoms with van der Waals surface area (Å²) in [6, 6.07) is 0. The van der Waals surface area contributed by atoms with Crippen LogP contribution in [0.25, 0.3) is 0 Å². The predicted octanol–water partition coefficient (Wildman–Crippen LogP) is -0.420. The molecule has 0 bridgehead atoms. The van der Waals surface area contributed by atoms with E-state index in [0.717, 1.165) is 0 Å². The van der Waals surface area contributed by atoms with E-state index in [1.807, 2.05) is 0 Å². The third-order valence-corrected chi connectivity index (χ3v) is 2.31. The molecule has 1 fully saturated rings. The molecule has 1 unspecified atom stereocenters. The fraction of sp³-hybridized carbons (Fsp3) is 0.778. The molecule has 1 aliphatic rings. The third kappa shape index (κ3) is 3.23. The van der Waals surface area contributed by atoms with Crippen LogP contribution in [0.4, 0.5) is 0 Å². The Morgan fingerprint density at radius 2 is 2.33 bits per heavy atom. The fourth-order valence-electron chi connectivity index (χ4n) is 1.50. The number of hydrogen-bond donors (Lipinski definition) is 0. The summed E-state index contributed by atoms with van der Waals surface area (Å²) in [5.74, 6) is -0.562. The Bertz CT molecular complexity index is 255. The second-order valence-corrected chi connectivity index (χ2v) is 3.60. The van der Waals surface area contributed by atoms with E-state index < -0.39 is 5.60 Å². The van der Waals surface area contributed by atoms with Crippen LogP contribution >= 0.6 is 0 Å². The highest BCUT2D eigenvalue weighted by molar-refractivity contribution is 5.98. The average molecular weight is 214 g/mol. The first-order valence-electron chi connectivity index (χ1n) is 4.98. The van der Waals surface area contributed by atoms with E-state index in [9.17, 15) is 9.59 Å². The maximum atomic E-state index is 11.0. The van der Waals surface area contributed by atoms with Crippen molar-refractivity contribution in [3.05, 3.63) is 0 Å². The summed E-state index contributed by atoms with van der Waals surface area (Å²) in [6.07, 6.45) is 1.21. The Kier molecular flexibility index (Phi) is 4.14. The first-order chi connectivity index (χ1) is 7.12. The van der Waals surface area contributed by atoms with Crippen LogP contribution in [-0.2, 0) is 23.7 Å². The highest BCUT2D eigenvalue weighted by Gasteiger charge is 2.41. The minimum absolute atomic E-state index is 0.0826. The summed E-state index contributed by atoms with van der Waals surface area (Å²) >= 11 is 0. The second-order valence-electron chi connectivity index (χ2n) is 3.60. The first kappa shape index (κ1) is 12.0. The van der Waals surface area contributed by atoms with E-state index in [2.05, 4.69) is 0 Å². The molecule has 0 radical (unpaired) electrons. The third-order valence-electron chi connectivity index (χ3n) is 2.31. The van der Waals surface area contributed by atoms with Crippen molar-refractivity contribution in [1.29, 1.82) is 0 Å². The molecule has 5 nitrogen and oxygen atoms in total. The quantitative estimate of drug-likeness (QED) is 0.459. The van der Waals surface area contributed by atoms with E-state index in [1.54, 1.807) is 6.92 Å². The van der Waals surface area contributed by atoms with Gasteiger partial charge in [-0.3, -0.25) is 9.59 Å². The highest BCUT2D eigenvalue weighted by Crippen LogP contribution is 2.27. The van der Waals surface area contributed by atoms with Crippen molar-refractivity contribution in [2.45, 2.75) is 31.8 Å². The van der Waals surface area contributed by atoms with E-state index in [0.29, 0.717) is 19.3 Å². The predicted molar refractivity (Wildman–Crippen MR) is 53.8 cm³/mol. The number of rotatable bonds is 5. The van der Waals surface area contributed by atoms with Crippen molar-refractivity contribution in [1.82, 2.24) is 0 Å². The summed E-state index contributed by atoms with van der Waals surface area (Å²) < 4.78 is 15.1. The van der Waals surface area contributed by atoms with Crippen molar-refractivity contribution >= 4 is 20.0 Å². The zero-order chi connectivity index (χ0) is 11.3. The molecule has 1 atom stereocenters. The molecule has 0 aromatic rings. The lowest BCUT2D eigenvalue weighted by atomic mass is 10.0. The second kappa shape index (κ2) is 5.16. The van der Waals surface area contributed by atoms with Crippen molar-refractivity contribution in [2.24, 2.45) is 0 Å². The zero-order valence-corrected chi connectivity index (χ0v) is 9.08. The molecule has 0 aromatic carbocycles. The van der Waals surface area contributed by atoms with E-state index in [-0.39, 0.29) is 25.2 Å². The molecular formula is C9H15BO5. The summed E-state index contributed by atoms with van der Waals surface area (Å²) in [7, 11) is 1.52. The van der Waals surface area contributed by atoms with E-state index >= 15 is 0 Å². The molecule has 0 aliphatic carbocycles. The van der Waals surface area contributed by atoms with Crippen molar-refractivity contribution in [2.75, 3.05) is 13.2 Å². The summed E-state index contributed by atoms with van der Waals surface area (Å²) in [6.45, 7) is 2.06. The van der Waals surface area contributed by atoms with Crippen LogP contribution in [0, 0.1) is 0 Å². The lowest BCUT2D eigenvalue weighted by Gasteiger charge is -2.26. The van der Waals surface area contributed by atoms with Gasteiger partial charge in [-0.1, -0.05) is 6.92 Å². The van der Waals surface area contributed by atoms with Gasteiger partial charge in [-0.25, -0.2) is 0 Å². The molecule has 0 spiro atoms. The van der Waals surface area contributed by atoms with Crippen LogP contribution in [0.1, 0.15) is 26.2 Å². The number of carbonyl (C=O) groups is 2. The lowest BCUT2D eigenvalue weighted by Crippen LogP contribution is -2.40. The lowest BCUT2D eigenvalue weighted by molar-refractivity contribution is -0.165. The van der Waals surface area contributed by atoms with Crippen molar-refractivity contribution in [3.8, 4) is 0 Å². The maximum absolute atomic E-state index is 11.0. The molecule has 1 heterocycles. The van der Waals surface area contributed by atoms with Crippen LogP contribution in [-0.4, -0.2) is 38.8 Å². The smallest absolute Gasteiger partial charge is 0.306 e. The zero-order valence-electron chi connectivity index (χ0n) is 9.08. The Hall–Kier alpha value is -1.04. The first-order valence-corrected chi connectivity index (χ1v) is 4.98. The van der Waals surface area contributed by atoms with Crippen LogP contribution < -0.4 is 0 Å². The van der Waals surface area contributed by atoms with Gasteiger partial charge in [0.25, 0.3) is 8.05 Å². The molecule has 1 rings (SSSR count). The van der Waals surface area contributed by atoms with Crippen LogP contribution in [0.2, 0.25) is 0 Å². The summed E-state index contributed by atoms with van der Waals surface area (Å²) in [4.78, 5) is 22.0. The molecule has 6 heteroatoms. The van der Waals surface area contributed by atoms with Crippen LogP contribution in [0.3, 0.4) is 0 Å². The monoisotopic (exact) mass is 214 g/mol. The van der Waals surface area contributed by atoms with Crippen LogP contribution in [0.15, 0.2) is 0 Å². The van der Waals surface area contributed by atoms with Gasteiger partial charge in [0, 0.05) is 19.3 Å². The normalized spacial score (nSPS) is 25.0. The maximum Gasteiger partial charge on any atom is 0.306 e. The van der Waals surface area contributed by atoms with Gasteiger partial charge < -0.3 is 14.1 Å². The van der Waals surface area contributed by atoms with Gasteiger partial charge in [-0.15, -0.1) is 0 Å². The topological polar surface area (TPSA) is 61.8 Å². The minimum Gasteiger partial charge on any atom is -0.461 e. The molecule has 0 aromatic heterocycles. The average Bonchev–Trinajstić information content (AvgIpc) is 2.58. The highest BCUT2D eigenvalue weighted by atomic mass is 16.6. The largest absolute Gasteiger partial charge is 0.461 e. The van der Waals surface area contributed by atoms with Crippen molar-refractivity contribution < 1.29 is 23.7 Å². The van der Waals surface area contributed by atoms with Gasteiger partial charge >= 0.3 is 11.9 Å². The Balaban J connectivity index is 2.50. The van der Waals surface area contributed by atoms with Crippen LogP contribution in [0.5, 0.6) is 0 Å². The van der Waals surface area contributed by atoms with E-state index in [1.165, 1.54) is 8.05 Å². The van der Waals surface area contributed by atoms with E-state index in [4.69, 9.17) is 14.1 Å². The molecule has 15 heavy (non-hydrogen) atoms. The van der Waals surface area contributed by atoms with Gasteiger partial charge in [0.1, 0.15) is 6.61 Å². The van der Waals surface area contributed by atoms with Gasteiger partial charge in [0.2, 0.25) is 0 Å². The number of cyclic esters (lactones) is 1. The van der Waals surface area contributed by atoms with Gasteiger partial charge in [0.15, 0.2) is 5.60 Å². The molecular weight excluding hydrogens is 199 g/mol. The fourth-order valence-corrected chi connectivity index (χ4v) is 1.50. The Morgan fingerprint density at radius 3 is 2.80 bits per heavy atom. The number of esters is 2.